The first-order valence-electron chi connectivity index (χ1n) is 4.64. The van der Waals surface area contributed by atoms with Crippen LogP contribution >= 0.6 is 11.3 Å². The lowest BCUT2D eigenvalue weighted by molar-refractivity contribution is 0.316. The summed E-state index contributed by atoms with van der Waals surface area (Å²) < 4.78 is 0. The van der Waals surface area contributed by atoms with Crippen molar-refractivity contribution in [2.45, 2.75) is 40.0 Å². The highest BCUT2D eigenvalue weighted by Crippen LogP contribution is 2.38. The third-order valence-electron chi connectivity index (χ3n) is 2.91. The van der Waals surface area contributed by atoms with Gasteiger partial charge in [-0.1, -0.05) is 13.8 Å². The minimum atomic E-state index is 0.542. The van der Waals surface area contributed by atoms with Crippen molar-refractivity contribution in [3.8, 4) is 0 Å². The molecule has 0 spiro atoms. The summed E-state index contributed by atoms with van der Waals surface area (Å²) >= 11 is 1.92. The van der Waals surface area contributed by atoms with Crippen LogP contribution in [0.3, 0.4) is 0 Å². The Hall–Kier alpha value is -0.300. The molecule has 0 N–H and O–H groups in total. The molecule has 0 amide bonds. The molecule has 0 aromatic carbocycles. The molecule has 0 saturated heterocycles. The summed E-state index contributed by atoms with van der Waals surface area (Å²) in [6, 6.07) is 0. The quantitative estimate of drug-likeness (QED) is 0.572. The Morgan fingerprint density at radius 1 is 1.42 bits per heavy atom. The number of fused-ring (bicyclic) bond motifs is 1. The summed E-state index contributed by atoms with van der Waals surface area (Å²) in [5, 5.41) is 2.35. The third kappa shape index (κ3) is 1.31. The number of hydrogen-bond acceptors (Lipinski definition) is 1. The molecule has 66 valence electrons. The molecular weight excluding hydrogens is 164 g/mol. The van der Waals surface area contributed by atoms with Gasteiger partial charge in [-0.2, -0.15) is 0 Å². The predicted octanol–water partition coefficient (Wildman–Crippen LogP) is 3.57. The van der Waals surface area contributed by atoms with Gasteiger partial charge in [-0.15, -0.1) is 11.3 Å². The molecule has 1 heterocycles. The number of hydrogen-bond donors (Lipinski definition) is 0. The van der Waals surface area contributed by atoms with Gasteiger partial charge in [0.1, 0.15) is 0 Å². The highest BCUT2D eigenvalue weighted by molar-refractivity contribution is 7.10. The fourth-order valence-corrected chi connectivity index (χ4v) is 3.00. The van der Waals surface area contributed by atoms with E-state index in [1.165, 1.54) is 19.3 Å². The molecule has 0 radical (unpaired) electrons. The van der Waals surface area contributed by atoms with Gasteiger partial charge in [0.2, 0.25) is 0 Å². The molecule has 1 aliphatic rings. The van der Waals surface area contributed by atoms with Crippen molar-refractivity contribution in [2.75, 3.05) is 0 Å². The molecule has 2 rings (SSSR count). The smallest absolute Gasteiger partial charge is 0.00490 e. The van der Waals surface area contributed by atoms with E-state index in [4.69, 9.17) is 0 Å². The lowest BCUT2D eigenvalue weighted by atomic mass is 9.75. The monoisotopic (exact) mass is 180 g/mol. The van der Waals surface area contributed by atoms with Crippen molar-refractivity contribution < 1.29 is 0 Å². The van der Waals surface area contributed by atoms with Gasteiger partial charge in [0.25, 0.3) is 0 Å². The highest BCUT2D eigenvalue weighted by atomic mass is 32.1. The Bertz CT molecular complexity index is 294. The maximum Gasteiger partial charge on any atom is 0.00490 e. The molecule has 1 aliphatic carbocycles. The molecule has 1 heteroatoms. The zero-order chi connectivity index (χ0) is 8.77. The SMILES string of the molecule is Cc1scc2c1CCC(C)(C)C2. The van der Waals surface area contributed by atoms with Crippen LogP contribution in [-0.4, -0.2) is 0 Å². The molecule has 0 fully saturated rings. The summed E-state index contributed by atoms with van der Waals surface area (Å²) in [5.41, 5.74) is 3.81. The van der Waals surface area contributed by atoms with Gasteiger partial charge in [0.05, 0.1) is 0 Å². The van der Waals surface area contributed by atoms with E-state index in [0.29, 0.717) is 5.41 Å². The number of thiophene rings is 1. The maximum absolute atomic E-state index is 2.38. The Kier molecular flexibility index (Phi) is 1.80. The summed E-state index contributed by atoms with van der Waals surface area (Å²) in [7, 11) is 0. The van der Waals surface area contributed by atoms with Crippen molar-refractivity contribution in [3.05, 3.63) is 21.4 Å². The van der Waals surface area contributed by atoms with Gasteiger partial charge in [-0.3, -0.25) is 0 Å². The largest absolute Gasteiger partial charge is 0.149 e. The van der Waals surface area contributed by atoms with Crippen LogP contribution in [-0.2, 0) is 12.8 Å². The van der Waals surface area contributed by atoms with Crippen LogP contribution in [0, 0.1) is 12.3 Å². The van der Waals surface area contributed by atoms with Crippen LogP contribution in [0.5, 0.6) is 0 Å². The van der Waals surface area contributed by atoms with Gasteiger partial charge in [0, 0.05) is 4.88 Å². The molecule has 0 bridgehead atoms. The lowest BCUT2D eigenvalue weighted by Gasteiger charge is -2.29. The molecule has 0 aliphatic heterocycles. The van der Waals surface area contributed by atoms with E-state index in [1.54, 1.807) is 16.0 Å². The van der Waals surface area contributed by atoms with Gasteiger partial charge >= 0.3 is 0 Å². The van der Waals surface area contributed by atoms with Crippen LogP contribution in [0.2, 0.25) is 0 Å². The zero-order valence-corrected chi connectivity index (χ0v) is 8.92. The first-order chi connectivity index (χ1) is 5.58. The Balaban J connectivity index is 2.37. The van der Waals surface area contributed by atoms with Crippen molar-refractivity contribution in [2.24, 2.45) is 5.41 Å². The first kappa shape index (κ1) is 8.31. The molecule has 0 unspecified atom stereocenters. The number of aryl methyl sites for hydroxylation is 1. The van der Waals surface area contributed by atoms with Crippen molar-refractivity contribution in [3.63, 3.8) is 0 Å². The van der Waals surface area contributed by atoms with Gasteiger partial charge < -0.3 is 0 Å². The van der Waals surface area contributed by atoms with Crippen LogP contribution < -0.4 is 0 Å². The predicted molar refractivity (Wildman–Crippen MR) is 54.9 cm³/mol. The van der Waals surface area contributed by atoms with Crippen molar-refractivity contribution in [1.29, 1.82) is 0 Å². The third-order valence-corrected chi connectivity index (χ3v) is 3.91. The topological polar surface area (TPSA) is 0 Å². The van der Waals surface area contributed by atoms with Gasteiger partial charge in [-0.05, 0) is 48.1 Å². The molecule has 0 saturated carbocycles. The summed E-state index contributed by atoms with van der Waals surface area (Å²) in [5.74, 6) is 0. The van der Waals surface area contributed by atoms with Crippen LogP contribution in [0.1, 0.15) is 36.3 Å². The molecule has 0 atom stereocenters. The van der Waals surface area contributed by atoms with E-state index >= 15 is 0 Å². The Labute approximate surface area is 78.6 Å². The standard InChI is InChI=1S/C11H16S/c1-8-10-4-5-11(2,3)6-9(10)7-12-8/h7H,4-6H2,1-3H3. The minimum absolute atomic E-state index is 0.542. The van der Waals surface area contributed by atoms with Crippen LogP contribution in [0.25, 0.3) is 0 Å². The second kappa shape index (κ2) is 2.59. The Morgan fingerprint density at radius 3 is 2.92 bits per heavy atom. The summed E-state index contributed by atoms with van der Waals surface area (Å²) in [6.07, 6.45) is 3.95. The van der Waals surface area contributed by atoms with E-state index in [9.17, 15) is 0 Å². The van der Waals surface area contributed by atoms with E-state index in [0.717, 1.165) is 0 Å². The molecule has 0 nitrogen and oxygen atoms in total. The first-order valence-corrected chi connectivity index (χ1v) is 5.52. The fourth-order valence-electron chi connectivity index (χ4n) is 2.08. The number of rotatable bonds is 0. The summed E-state index contributed by atoms with van der Waals surface area (Å²) in [6.45, 7) is 7.01. The summed E-state index contributed by atoms with van der Waals surface area (Å²) in [4.78, 5) is 1.54. The Morgan fingerprint density at radius 2 is 2.17 bits per heavy atom. The van der Waals surface area contributed by atoms with Gasteiger partial charge in [-0.25, -0.2) is 0 Å². The van der Waals surface area contributed by atoms with E-state index in [-0.39, 0.29) is 0 Å². The van der Waals surface area contributed by atoms with Gasteiger partial charge in [0.15, 0.2) is 0 Å². The van der Waals surface area contributed by atoms with Crippen molar-refractivity contribution >= 4 is 11.3 Å². The highest BCUT2D eigenvalue weighted by Gasteiger charge is 2.26. The van der Waals surface area contributed by atoms with E-state index < -0.39 is 0 Å². The van der Waals surface area contributed by atoms with Crippen molar-refractivity contribution in [1.82, 2.24) is 0 Å². The zero-order valence-electron chi connectivity index (χ0n) is 8.11. The molecular formula is C11H16S. The van der Waals surface area contributed by atoms with Crippen LogP contribution in [0.15, 0.2) is 5.38 Å². The fraction of sp³-hybridized carbons (Fsp3) is 0.636. The minimum Gasteiger partial charge on any atom is -0.149 e. The lowest BCUT2D eigenvalue weighted by Crippen LogP contribution is -2.21. The van der Waals surface area contributed by atoms with E-state index in [1.807, 2.05) is 11.3 Å². The molecule has 1 aromatic heterocycles. The van der Waals surface area contributed by atoms with E-state index in [2.05, 4.69) is 26.2 Å². The second-order valence-electron chi connectivity index (χ2n) is 4.64. The average Bonchev–Trinajstić information content (AvgIpc) is 2.30. The second-order valence-corrected chi connectivity index (χ2v) is 5.72. The normalized spacial score (nSPS) is 20.6. The van der Waals surface area contributed by atoms with Crippen LogP contribution in [0.4, 0.5) is 0 Å². The molecule has 1 aromatic rings. The molecule has 12 heavy (non-hydrogen) atoms. The maximum atomic E-state index is 2.38. The average molecular weight is 180 g/mol.